The minimum atomic E-state index is -0.792. The van der Waals surface area contributed by atoms with Crippen LogP contribution in [0, 0.1) is 0 Å². The van der Waals surface area contributed by atoms with Crippen molar-refractivity contribution in [2.45, 2.75) is 25.5 Å². The van der Waals surface area contributed by atoms with E-state index in [1.165, 1.54) is 0 Å². The van der Waals surface area contributed by atoms with Crippen LogP contribution in [0.25, 0.3) is 0 Å². The van der Waals surface area contributed by atoms with Crippen molar-refractivity contribution in [1.82, 2.24) is 15.1 Å². The van der Waals surface area contributed by atoms with Crippen LogP contribution in [-0.2, 0) is 14.4 Å². The van der Waals surface area contributed by atoms with E-state index in [0.717, 1.165) is 13.1 Å². The number of hydrogen-bond donors (Lipinski definition) is 1. The van der Waals surface area contributed by atoms with Gasteiger partial charge in [-0.15, -0.1) is 0 Å². The van der Waals surface area contributed by atoms with Crippen molar-refractivity contribution in [3.63, 3.8) is 0 Å². The summed E-state index contributed by atoms with van der Waals surface area (Å²) in [6.07, 6.45) is -0.520. The Morgan fingerprint density at radius 3 is 2.71 bits per heavy atom. The van der Waals surface area contributed by atoms with Crippen LogP contribution in [-0.4, -0.2) is 79.8 Å². The summed E-state index contributed by atoms with van der Waals surface area (Å²) in [5.74, 6) is 0.186. The molecule has 152 valence electrons. The number of oxime groups is 1. The van der Waals surface area contributed by atoms with Crippen LogP contribution in [0.5, 0.6) is 5.75 Å². The first kappa shape index (κ1) is 20.4. The van der Waals surface area contributed by atoms with E-state index in [2.05, 4.69) is 15.4 Å². The Morgan fingerprint density at radius 2 is 2.04 bits per heavy atom. The highest BCUT2D eigenvalue weighted by molar-refractivity contribution is 6.34. The summed E-state index contributed by atoms with van der Waals surface area (Å²) in [7, 11) is 3.59. The number of nitrogens with zero attached hydrogens (tertiary/aromatic N) is 3. The van der Waals surface area contributed by atoms with Crippen molar-refractivity contribution < 1.29 is 19.2 Å². The number of rotatable bonds is 5. The van der Waals surface area contributed by atoms with Crippen molar-refractivity contribution in [3.8, 4) is 5.75 Å². The second-order valence-electron chi connectivity index (χ2n) is 7.04. The van der Waals surface area contributed by atoms with Crippen LogP contribution in [0.2, 0.25) is 5.02 Å². The van der Waals surface area contributed by atoms with Gasteiger partial charge in [0.1, 0.15) is 11.8 Å². The van der Waals surface area contributed by atoms with Gasteiger partial charge in [-0.3, -0.25) is 9.59 Å². The zero-order chi connectivity index (χ0) is 20.3. The Bertz CT molecular complexity index is 777. The van der Waals surface area contributed by atoms with Gasteiger partial charge >= 0.3 is 0 Å². The molecule has 0 spiro atoms. The molecule has 1 saturated heterocycles. The van der Waals surface area contributed by atoms with Crippen LogP contribution in [0.4, 0.5) is 0 Å². The van der Waals surface area contributed by atoms with Gasteiger partial charge in [0, 0.05) is 38.2 Å². The molecule has 1 fully saturated rings. The molecule has 0 bridgehead atoms. The number of carbonyl (C=O) groups excluding carboxylic acids is 2. The largest absolute Gasteiger partial charge is 0.497 e. The van der Waals surface area contributed by atoms with E-state index in [0.29, 0.717) is 35.1 Å². The summed E-state index contributed by atoms with van der Waals surface area (Å²) in [6, 6.07) is 4.59. The number of halogens is 1. The minimum absolute atomic E-state index is 0.0866. The summed E-state index contributed by atoms with van der Waals surface area (Å²) < 4.78 is 5.21. The number of amides is 2. The third-order valence-electron chi connectivity index (χ3n) is 4.99. The van der Waals surface area contributed by atoms with Crippen LogP contribution in [0.1, 0.15) is 18.9 Å². The van der Waals surface area contributed by atoms with Gasteiger partial charge in [-0.25, -0.2) is 0 Å². The maximum absolute atomic E-state index is 12.5. The molecule has 0 aromatic heterocycles. The number of carbonyl (C=O) groups is 2. The first-order valence-electron chi connectivity index (χ1n) is 9.23. The summed E-state index contributed by atoms with van der Waals surface area (Å²) in [5, 5.41) is 7.25. The Balaban J connectivity index is 1.56. The molecule has 2 atom stereocenters. The van der Waals surface area contributed by atoms with Crippen molar-refractivity contribution in [3.05, 3.63) is 28.8 Å². The lowest BCUT2D eigenvalue weighted by Crippen LogP contribution is -2.54. The molecule has 0 radical (unpaired) electrons. The van der Waals surface area contributed by atoms with E-state index < -0.39 is 12.1 Å². The van der Waals surface area contributed by atoms with Gasteiger partial charge in [-0.05, 0) is 32.2 Å². The molecule has 9 heteroatoms. The number of nitrogens with one attached hydrogen (secondary N) is 1. The first-order chi connectivity index (χ1) is 13.4. The molecular weight excluding hydrogens is 384 g/mol. The van der Waals surface area contributed by atoms with Gasteiger partial charge < -0.3 is 24.7 Å². The maximum atomic E-state index is 12.5. The highest BCUT2D eigenvalue weighted by atomic mass is 35.5. The number of methoxy groups -OCH3 is 1. The third kappa shape index (κ3) is 4.56. The number of likely N-dealkylation sites (N-methyl/N-ethyl adjacent to an activating group) is 1. The van der Waals surface area contributed by atoms with Gasteiger partial charge in [0.15, 0.2) is 0 Å². The summed E-state index contributed by atoms with van der Waals surface area (Å²) in [4.78, 5) is 34.3. The molecule has 0 saturated carbocycles. The maximum Gasteiger partial charge on any atom is 0.264 e. The molecular formula is C19H25ClN4O4. The zero-order valence-electron chi connectivity index (χ0n) is 16.3. The quantitative estimate of drug-likeness (QED) is 0.789. The van der Waals surface area contributed by atoms with Crippen molar-refractivity contribution in [1.29, 1.82) is 0 Å². The SMILES string of the molecule is COc1ccc(Cl)c(C2=NOC(C(=O)NC(C)C(=O)N3CCN(C)CC3)C2)c1. The standard InChI is InChI=1S/C19H25ClN4O4/c1-12(19(26)24-8-6-23(2)7-9-24)21-18(25)17-11-16(22-28-17)14-10-13(27-3)4-5-15(14)20/h4-5,10,12,17H,6-9,11H2,1-3H3,(H,21,25). The molecule has 2 unspecified atom stereocenters. The number of piperazine rings is 1. The molecule has 2 amide bonds. The van der Waals surface area contributed by atoms with Crippen LogP contribution < -0.4 is 10.1 Å². The fraction of sp³-hybridized carbons (Fsp3) is 0.526. The average molecular weight is 409 g/mol. The highest BCUT2D eigenvalue weighted by Crippen LogP contribution is 2.27. The lowest BCUT2D eigenvalue weighted by atomic mass is 10.0. The Labute approximate surface area is 169 Å². The molecule has 2 heterocycles. The van der Waals surface area contributed by atoms with E-state index in [-0.39, 0.29) is 18.2 Å². The van der Waals surface area contributed by atoms with Gasteiger partial charge in [0.25, 0.3) is 5.91 Å². The summed E-state index contributed by atoms with van der Waals surface area (Å²) in [5.41, 5.74) is 1.24. The fourth-order valence-electron chi connectivity index (χ4n) is 3.20. The van der Waals surface area contributed by atoms with E-state index >= 15 is 0 Å². The molecule has 3 rings (SSSR count). The van der Waals surface area contributed by atoms with Crippen LogP contribution in [0.15, 0.2) is 23.4 Å². The molecule has 2 aliphatic rings. The Kier molecular flexibility index (Phi) is 6.41. The smallest absolute Gasteiger partial charge is 0.264 e. The average Bonchev–Trinajstić information content (AvgIpc) is 3.18. The fourth-order valence-corrected chi connectivity index (χ4v) is 3.42. The van der Waals surface area contributed by atoms with Crippen molar-refractivity contribution >= 4 is 29.1 Å². The normalized spacial score (nSPS) is 20.9. The van der Waals surface area contributed by atoms with Crippen LogP contribution in [0.3, 0.4) is 0 Å². The predicted molar refractivity (Wildman–Crippen MR) is 106 cm³/mol. The van der Waals surface area contributed by atoms with E-state index in [9.17, 15) is 9.59 Å². The molecule has 0 aliphatic carbocycles. The second kappa shape index (κ2) is 8.79. The highest BCUT2D eigenvalue weighted by Gasteiger charge is 2.33. The molecule has 28 heavy (non-hydrogen) atoms. The molecule has 1 aromatic carbocycles. The minimum Gasteiger partial charge on any atom is -0.497 e. The second-order valence-corrected chi connectivity index (χ2v) is 7.45. The lowest BCUT2D eigenvalue weighted by Gasteiger charge is -2.34. The molecule has 1 aromatic rings. The predicted octanol–water partition coefficient (Wildman–Crippen LogP) is 1.12. The zero-order valence-corrected chi connectivity index (χ0v) is 17.0. The summed E-state index contributed by atoms with van der Waals surface area (Å²) in [6.45, 7) is 4.68. The van der Waals surface area contributed by atoms with Crippen molar-refractivity contribution in [2.75, 3.05) is 40.3 Å². The lowest BCUT2D eigenvalue weighted by molar-refractivity contribution is -0.140. The monoisotopic (exact) mass is 408 g/mol. The number of ether oxygens (including phenoxy) is 1. The van der Waals surface area contributed by atoms with Gasteiger partial charge in [0.2, 0.25) is 12.0 Å². The first-order valence-corrected chi connectivity index (χ1v) is 9.61. The third-order valence-corrected chi connectivity index (χ3v) is 5.32. The van der Waals surface area contributed by atoms with Crippen LogP contribution >= 0.6 is 11.6 Å². The Hall–Kier alpha value is -2.32. The Morgan fingerprint density at radius 1 is 1.32 bits per heavy atom. The van der Waals surface area contributed by atoms with Gasteiger partial charge in [-0.1, -0.05) is 16.8 Å². The molecule has 8 nitrogen and oxygen atoms in total. The van der Waals surface area contributed by atoms with Crippen molar-refractivity contribution in [2.24, 2.45) is 5.16 Å². The molecule has 2 aliphatic heterocycles. The van der Waals surface area contributed by atoms with E-state index in [1.54, 1.807) is 37.1 Å². The van der Waals surface area contributed by atoms with E-state index in [4.69, 9.17) is 21.2 Å². The summed E-state index contributed by atoms with van der Waals surface area (Å²) >= 11 is 6.24. The van der Waals surface area contributed by atoms with E-state index in [1.807, 2.05) is 7.05 Å². The van der Waals surface area contributed by atoms with Gasteiger partial charge in [0.05, 0.1) is 17.8 Å². The number of hydrogen-bond acceptors (Lipinski definition) is 6. The number of benzene rings is 1. The topological polar surface area (TPSA) is 83.5 Å². The molecule has 1 N–H and O–H groups in total. The van der Waals surface area contributed by atoms with Gasteiger partial charge in [-0.2, -0.15) is 0 Å².